The van der Waals surface area contributed by atoms with Gasteiger partial charge in [0.15, 0.2) is 5.78 Å². The van der Waals surface area contributed by atoms with Gasteiger partial charge in [-0.15, -0.1) is 0 Å². The predicted molar refractivity (Wildman–Crippen MR) is 115 cm³/mol. The van der Waals surface area contributed by atoms with E-state index in [1.54, 1.807) is 13.0 Å². The van der Waals surface area contributed by atoms with Crippen LogP contribution in [0.4, 0.5) is 5.69 Å². The van der Waals surface area contributed by atoms with Gasteiger partial charge in [-0.05, 0) is 48.9 Å². The Morgan fingerprint density at radius 1 is 1.03 bits per heavy atom. The summed E-state index contributed by atoms with van der Waals surface area (Å²) in [6, 6.07) is 25.2. The van der Waals surface area contributed by atoms with Gasteiger partial charge < -0.3 is 4.74 Å². The van der Waals surface area contributed by atoms with Crippen LogP contribution >= 0.6 is 11.6 Å². The number of benzene rings is 3. The third-order valence-corrected chi connectivity index (χ3v) is 5.24. The van der Waals surface area contributed by atoms with E-state index in [9.17, 15) is 4.79 Å². The molecule has 0 unspecified atom stereocenters. The van der Waals surface area contributed by atoms with Gasteiger partial charge in [-0.25, -0.2) is 5.06 Å². The lowest BCUT2D eigenvalue weighted by Crippen LogP contribution is -2.24. The first kappa shape index (κ1) is 19.5. The summed E-state index contributed by atoms with van der Waals surface area (Å²) in [6.45, 7) is 1.90. The molecular weight excluding hydrogens is 386 g/mol. The summed E-state index contributed by atoms with van der Waals surface area (Å²) in [6.07, 6.45) is 0.620. The van der Waals surface area contributed by atoms with Crippen LogP contribution in [0.25, 0.3) is 0 Å². The van der Waals surface area contributed by atoms with Gasteiger partial charge in [-0.3, -0.25) is 9.63 Å². The number of ether oxygens (including phenoxy) is 1. The van der Waals surface area contributed by atoms with Crippen LogP contribution in [0.3, 0.4) is 0 Å². The zero-order valence-corrected chi connectivity index (χ0v) is 16.9. The number of hydrogen-bond donors (Lipinski definition) is 0. The Balaban J connectivity index is 1.54. The van der Waals surface area contributed by atoms with Crippen molar-refractivity contribution in [3.63, 3.8) is 0 Å². The van der Waals surface area contributed by atoms with E-state index in [4.69, 9.17) is 21.2 Å². The fourth-order valence-corrected chi connectivity index (χ4v) is 3.68. The Morgan fingerprint density at radius 3 is 2.45 bits per heavy atom. The fraction of sp³-hybridized carbons (Fsp3) is 0.208. The summed E-state index contributed by atoms with van der Waals surface area (Å²) in [7, 11) is 0. The molecule has 0 bridgehead atoms. The number of hydroxylamine groups is 1. The van der Waals surface area contributed by atoms with Crippen LogP contribution in [0, 0.1) is 0 Å². The molecular formula is C24H22ClNO3. The minimum atomic E-state index is -0.143. The average Bonchev–Trinajstić information content (AvgIpc) is 3.18. The molecule has 4 nitrogen and oxygen atoms in total. The van der Waals surface area contributed by atoms with Crippen LogP contribution in [-0.4, -0.2) is 18.5 Å². The average molecular weight is 408 g/mol. The predicted octanol–water partition coefficient (Wildman–Crippen LogP) is 5.87. The van der Waals surface area contributed by atoms with Crippen molar-refractivity contribution < 1.29 is 14.4 Å². The topological polar surface area (TPSA) is 38.8 Å². The van der Waals surface area contributed by atoms with Crippen molar-refractivity contribution in [2.24, 2.45) is 0 Å². The number of ketones is 1. The molecule has 5 heteroatoms. The second-order valence-corrected chi connectivity index (χ2v) is 7.49. The first-order valence-electron chi connectivity index (χ1n) is 9.61. The molecule has 1 saturated heterocycles. The minimum absolute atomic E-state index is 0.0158. The molecule has 0 N–H and O–H groups in total. The molecule has 2 atom stereocenters. The third kappa shape index (κ3) is 4.44. The van der Waals surface area contributed by atoms with E-state index in [1.165, 1.54) is 0 Å². The summed E-state index contributed by atoms with van der Waals surface area (Å²) in [5.74, 6) is 0.572. The summed E-state index contributed by atoms with van der Waals surface area (Å²) in [4.78, 5) is 18.1. The summed E-state index contributed by atoms with van der Waals surface area (Å²) in [5.41, 5.74) is 2.70. The fourth-order valence-electron chi connectivity index (χ4n) is 3.56. The lowest BCUT2D eigenvalue weighted by molar-refractivity contribution is 0.0479. The van der Waals surface area contributed by atoms with Crippen LogP contribution < -0.4 is 9.80 Å². The number of Topliss-reactive ketones (excluding diaryl/α,β-unsaturated/α-hetero) is 1. The van der Waals surface area contributed by atoms with E-state index in [0.29, 0.717) is 22.9 Å². The van der Waals surface area contributed by atoms with Gasteiger partial charge in [0.25, 0.3) is 0 Å². The van der Waals surface area contributed by atoms with Crippen molar-refractivity contribution in [1.29, 1.82) is 0 Å². The standard InChI is InChI=1S/C24H22ClNO3/c1-17(27)22-9-5-6-10-24(22)28-16-21-15-23(18-11-13-19(25)14-12-18)26(29-21)20-7-3-2-4-8-20/h2-14,21,23H,15-16H2,1H3/t21-,23-/m0/s1. The van der Waals surface area contributed by atoms with E-state index < -0.39 is 0 Å². The summed E-state index contributed by atoms with van der Waals surface area (Å²) in [5, 5.41) is 2.65. The Bertz CT molecular complexity index is 975. The third-order valence-electron chi connectivity index (χ3n) is 4.99. The molecule has 3 aromatic carbocycles. The Labute approximate surface area is 175 Å². The van der Waals surface area contributed by atoms with Gasteiger partial charge in [0.05, 0.1) is 17.3 Å². The molecule has 0 amide bonds. The molecule has 0 aromatic heterocycles. The SMILES string of the molecule is CC(=O)c1ccccc1OC[C@@H]1C[C@@H](c2ccc(Cl)cc2)N(c2ccccc2)O1. The van der Waals surface area contributed by atoms with Crippen LogP contribution in [0.2, 0.25) is 5.02 Å². The van der Waals surface area contributed by atoms with E-state index >= 15 is 0 Å². The van der Waals surface area contributed by atoms with E-state index in [2.05, 4.69) is 0 Å². The first-order chi connectivity index (χ1) is 14.1. The summed E-state index contributed by atoms with van der Waals surface area (Å²) < 4.78 is 5.98. The molecule has 148 valence electrons. The quantitative estimate of drug-likeness (QED) is 0.479. The van der Waals surface area contributed by atoms with Gasteiger partial charge in [0, 0.05) is 11.4 Å². The molecule has 3 aromatic rings. The molecule has 1 fully saturated rings. The monoisotopic (exact) mass is 407 g/mol. The number of carbonyl (C=O) groups excluding carboxylic acids is 1. The van der Waals surface area contributed by atoms with Crippen molar-refractivity contribution in [2.45, 2.75) is 25.5 Å². The number of nitrogens with zero attached hydrogens (tertiary/aromatic N) is 1. The van der Waals surface area contributed by atoms with Crippen LogP contribution in [0.1, 0.15) is 35.3 Å². The second-order valence-electron chi connectivity index (χ2n) is 7.06. The molecule has 0 saturated carbocycles. The molecule has 0 radical (unpaired) electrons. The Morgan fingerprint density at radius 2 is 1.72 bits per heavy atom. The van der Waals surface area contributed by atoms with Crippen molar-refractivity contribution in [3.05, 3.63) is 95.0 Å². The van der Waals surface area contributed by atoms with Gasteiger partial charge in [-0.2, -0.15) is 0 Å². The smallest absolute Gasteiger partial charge is 0.163 e. The highest BCUT2D eigenvalue weighted by Gasteiger charge is 2.35. The molecule has 1 heterocycles. The van der Waals surface area contributed by atoms with Crippen molar-refractivity contribution in [1.82, 2.24) is 0 Å². The maximum Gasteiger partial charge on any atom is 0.163 e. The van der Waals surface area contributed by atoms with E-state index in [0.717, 1.165) is 17.7 Å². The highest BCUT2D eigenvalue weighted by Crippen LogP contribution is 2.38. The molecule has 29 heavy (non-hydrogen) atoms. The highest BCUT2D eigenvalue weighted by molar-refractivity contribution is 6.30. The van der Waals surface area contributed by atoms with Crippen LogP contribution in [-0.2, 0) is 4.84 Å². The number of hydrogen-bond acceptors (Lipinski definition) is 4. The largest absolute Gasteiger partial charge is 0.490 e. The molecule has 0 spiro atoms. The van der Waals surface area contributed by atoms with E-state index in [1.807, 2.05) is 77.9 Å². The highest BCUT2D eigenvalue weighted by atomic mass is 35.5. The molecule has 1 aliphatic heterocycles. The Kier molecular flexibility index (Phi) is 5.84. The lowest BCUT2D eigenvalue weighted by atomic mass is 10.0. The second kappa shape index (κ2) is 8.68. The number of halogens is 1. The van der Waals surface area contributed by atoms with Crippen molar-refractivity contribution >= 4 is 23.1 Å². The van der Waals surface area contributed by atoms with Crippen LogP contribution in [0.15, 0.2) is 78.9 Å². The van der Waals surface area contributed by atoms with Gasteiger partial charge in [-0.1, -0.05) is 54.1 Å². The van der Waals surface area contributed by atoms with Crippen LogP contribution in [0.5, 0.6) is 5.75 Å². The maximum atomic E-state index is 11.8. The first-order valence-corrected chi connectivity index (χ1v) is 9.99. The molecule has 1 aliphatic rings. The zero-order valence-electron chi connectivity index (χ0n) is 16.1. The van der Waals surface area contributed by atoms with Gasteiger partial charge in [0.1, 0.15) is 18.5 Å². The Hall–Kier alpha value is -2.82. The lowest BCUT2D eigenvalue weighted by Gasteiger charge is -2.25. The number of para-hydroxylation sites is 2. The van der Waals surface area contributed by atoms with Gasteiger partial charge >= 0.3 is 0 Å². The molecule has 4 rings (SSSR count). The normalized spacial score (nSPS) is 18.6. The van der Waals surface area contributed by atoms with Gasteiger partial charge in [0.2, 0.25) is 0 Å². The van der Waals surface area contributed by atoms with Crippen molar-refractivity contribution in [2.75, 3.05) is 11.7 Å². The number of rotatable bonds is 6. The van der Waals surface area contributed by atoms with Crippen molar-refractivity contribution in [3.8, 4) is 5.75 Å². The maximum absolute atomic E-state index is 11.8. The minimum Gasteiger partial charge on any atom is -0.490 e. The zero-order chi connectivity index (χ0) is 20.2. The van der Waals surface area contributed by atoms with E-state index in [-0.39, 0.29) is 17.9 Å². The molecule has 0 aliphatic carbocycles. The summed E-state index contributed by atoms with van der Waals surface area (Å²) >= 11 is 6.07. The number of carbonyl (C=O) groups is 1. The number of anilines is 1.